The Bertz CT molecular complexity index is 2560. The number of nitrogens with one attached hydrogen (secondary N) is 2. The number of para-hydroxylation sites is 1. The van der Waals surface area contributed by atoms with Crippen molar-refractivity contribution in [2.24, 2.45) is 0 Å². The molecule has 3 fully saturated rings. The molecule has 3 atom stereocenters. The van der Waals surface area contributed by atoms with Gasteiger partial charge in [0.05, 0.1) is 36.8 Å². The van der Waals surface area contributed by atoms with Crippen LogP contribution >= 0.6 is 0 Å². The van der Waals surface area contributed by atoms with Crippen molar-refractivity contribution in [1.29, 1.82) is 0 Å². The number of piperidine rings is 2. The standard InChI is InChI=1S/C45H43F6N7O5/c1-23-12-28-27-4-2-3-5-33(27)52-38(28)39(57(23)19-35(48)49)37-31(46)15-26(16-32(37)47)56-21-45(51,22-56)43(63)55-10-8-44(50,9-11-55)20-54-17-24-13-29-30(14-25(24)18-54)42(62)58(41(29)61)34-6-7-36(59)53-40(34)60/h2-5,13-16,23,34-35,39,52H,6-12,17-22H2,1H3,(H,53,59,60)/t23-,34?,39-/m1/s1. The predicted octanol–water partition coefficient (Wildman–Crippen LogP) is 5.32. The molecule has 10 rings (SSSR count). The molecule has 330 valence electrons. The highest BCUT2D eigenvalue weighted by Crippen LogP contribution is 2.45. The van der Waals surface area contributed by atoms with Gasteiger partial charge >= 0.3 is 0 Å². The molecular weight excluding hydrogens is 833 g/mol. The van der Waals surface area contributed by atoms with Crippen LogP contribution in [0.25, 0.3) is 10.9 Å². The molecule has 2 N–H and O–H groups in total. The second kappa shape index (κ2) is 14.9. The van der Waals surface area contributed by atoms with Gasteiger partial charge in [-0.2, -0.15) is 0 Å². The molecular formula is C45H43F6N7O5. The Morgan fingerprint density at radius 2 is 1.54 bits per heavy atom. The highest BCUT2D eigenvalue weighted by atomic mass is 19.3. The molecule has 5 amide bonds. The Morgan fingerprint density at radius 1 is 0.905 bits per heavy atom. The number of halogens is 6. The van der Waals surface area contributed by atoms with Crippen LogP contribution in [0.3, 0.4) is 0 Å². The summed E-state index contributed by atoms with van der Waals surface area (Å²) < 4.78 is 92.6. The monoisotopic (exact) mass is 875 g/mol. The minimum Gasteiger partial charge on any atom is -0.364 e. The van der Waals surface area contributed by atoms with Crippen LogP contribution in [-0.4, -0.2) is 123 Å². The Balaban J connectivity index is 0.769. The Hall–Kier alpha value is -5.75. The fourth-order valence-corrected chi connectivity index (χ4v) is 10.7. The fraction of sp³-hybridized carbons (Fsp3) is 0.444. The van der Waals surface area contributed by atoms with Crippen molar-refractivity contribution in [3.63, 3.8) is 0 Å². The minimum absolute atomic E-state index is 0.00451. The predicted molar refractivity (Wildman–Crippen MR) is 215 cm³/mol. The van der Waals surface area contributed by atoms with Crippen molar-refractivity contribution >= 4 is 46.1 Å². The average Bonchev–Trinajstić information content (AvgIpc) is 3.86. The second-order valence-corrected chi connectivity index (χ2v) is 18.0. The zero-order chi connectivity index (χ0) is 44.3. The number of anilines is 1. The number of benzene rings is 3. The number of amides is 5. The first-order valence-corrected chi connectivity index (χ1v) is 21.1. The molecule has 0 bridgehead atoms. The lowest BCUT2D eigenvalue weighted by Gasteiger charge is -2.48. The Labute approximate surface area is 357 Å². The number of imide groups is 2. The van der Waals surface area contributed by atoms with Crippen LogP contribution < -0.4 is 10.2 Å². The van der Waals surface area contributed by atoms with E-state index in [1.165, 1.54) is 14.7 Å². The minimum atomic E-state index is -2.76. The van der Waals surface area contributed by atoms with Crippen molar-refractivity contribution in [3.8, 4) is 0 Å². The van der Waals surface area contributed by atoms with Crippen molar-refractivity contribution in [2.75, 3.05) is 44.2 Å². The van der Waals surface area contributed by atoms with E-state index in [-0.39, 0.29) is 62.1 Å². The molecule has 0 spiro atoms. The summed E-state index contributed by atoms with van der Waals surface area (Å²) in [7, 11) is 0. The largest absolute Gasteiger partial charge is 0.364 e. The molecule has 1 unspecified atom stereocenters. The summed E-state index contributed by atoms with van der Waals surface area (Å²) in [5.41, 5.74) is -0.808. The van der Waals surface area contributed by atoms with Crippen molar-refractivity contribution in [1.82, 2.24) is 29.9 Å². The van der Waals surface area contributed by atoms with E-state index in [4.69, 9.17) is 0 Å². The lowest BCUT2D eigenvalue weighted by atomic mass is 9.87. The van der Waals surface area contributed by atoms with E-state index in [2.05, 4.69) is 10.3 Å². The van der Waals surface area contributed by atoms with Crippen molar-refractivity contribution in [3.05, 3.63) is 99.2 Å². The summed E-state index contributed by atoms with van der Waals surface area (Å²) in [6.45, 7) is 0.511. The van der Waals surface area contributed by atoms with Gasteiger partial charge in [-0.1, -0.05) is 18.2 Å². The number of fused-ring (bicyclic) bond motifs is 5. The molecule has 12 nitrogen and oxygen atoms in total. The van der Waals surface area contributed by atoms with E-state index >= 15 is 17.6 Å². The van der Waals surface area contributed by atoms with Crippen LogP contribution in [0.2, 0.25) is 0 Å². The molecule has 63 heavy (non-hydrogen) atoms. The van der Waals surface area contributed by atoms with E-state index < -0.39 is 102 Å². The van der Waals surface area contributed by atoms with Gasteiger partial charge in [-0.25, -0.2) is 26.3 Å². The van der Waals surface area contributed by atoms with Crippen LogP contribution in [0, 0.1) is 11.6 Å². The van der Waals surface area contributed by atoms with Gasteiger partial charge in [0, 0.05) is 85.9 Å². The molecule has 18 heteroatoms. The third-order valence-electron chi connectivity index (χ3n) is 13.8. The van der Waals surface area contributed by atoms with E-state index in [1.807, 2.05) is 23.1 Å². The molecule has 3 aromatic carbocycles. The molecule has 4 aromatic rings. The summed E-state index contributed by atoms with van der Waals surface area (Å²) in [5, 5.41) is 3.02. The molecule has 6 aliphatic heterocycles. The van der Waals surface area contributed by atoms with Gasteiger partial charge in [0.15, 0.2) is 0 Å². The molecule has 0 saturated carbocycles. The number of rotatable bonds is 8. The van der Waals surface area contributed by atoms with Gasteiger partial charge in [-0.15, -0.1) is 0 Å². The number of hydrogen-bond acceptors (Lipinski definition) is 8. The van der Waals surface area contributed by atoms with E-state index in [0.717, 1.165) is 44.6 Å². The third-order valence-corrected chi connectivity index (χ3v) is 13.8. The smallest absolute Gasteiger partial charge is 0.264 e. The van der Waals surface area contributed by atoms with Crippen molar-refractivity contribution in [2.45, 2.75) is 88.0 Å². The number of nitrogens with zero attached hydrogens (tertiary/aromatic N) is 5. The highest BCUT2D eigenvalue weighted by Gasteiger charge is 2.54. The normalized spacial score (nSPS) is 24.5. The van der Waals surface area contributed by atoms with Gasteiger partial charge < -0.3 is 14.8 Å². The topological polar surface area (TPSA) is 129 Å². The first kappa shape index (κ1) is 41.3. The van der Waals surface area contributed by atoms with Crippen LogP contribution in [-0.2, 0) is 33.9 Å². The molecule has 6 aliphatic rings. The number of H-pyrrole nitrogens is 1. The first-order chi connectivity index (χ1) is 30.0. The molecule has 7 heterocycles. The number of aromatic nitrogens is 1. The van der Waals surface area contributed by atoms with Crippen molar-refractivity contribution < 1.29 is 50.3 Å². The first-order valence-electron chi connectivity index (χ1n) is 21.1. The maximum Gasteiger partial charge on any atom is 0.264 e. The highest BCUT2D eigenvalue weighted by molar-refractivity contribution is 6.23. The zero-order valence-electron chi connectivity index (χ0n) is 34.2. The van der Waals surface area contributed by atoms with Crippen LogP contribution in [0.4, 0.5) is 32.0 Å². The SMILES string of the molecule is C[C@@H]1Cc2c([nH]c3ccccc23)[C@@H](c2c(F)cc(N3CC(F)(C(=O)N4CCC(F)(CN5Cc6cc7c(cc6C5)C(=O)N(C5CCC(=O)NC5=O)C7=O)CC4)C3)cc2F)N1CC(F)F. The lowest BCUT2D eigenvalue weighted by molar-refractivity contribution is -0.149. The second-order valence-electron chi connectivity index (χ2n) is 18.0. The van der Waals surface area contributed by atoms with Gasteiger partial charge in [-0.3, -0.25) is 44.0 Å². The third kappa shape index (κ3) is 6.87. The Kier molecular flexibility index (Phi) is 9.78. The summed E-state index contributed by atoms with van der Waals surface area (Å²) in [6.07, 6.45) is -2.47. The van der Waals surface area contributed by atoms with Crippen LogP contribution in [0.1, 0.15) is 87.3 Å². The molecule has 0 radical (unpaired) electrons. The maximum absolute atomic E-state index is 16.4. The van der Waals surface area contributed by atoms with Gasteiger partial charge in [0.1, 0.15) is 23.3 Å². The lowest BCUT2D eigenvalue weighted by Crippen LogP contribution is -2.67. The Morgan fingerprint density at radius 3 is 2.16 bits per heavy atom. The van der Waals surface area contributed by atoms with E-state index in [9.17, 15) is 32.8 Å². The summed E-state index contributed by atoms with van der Waals surface area (Å²) in [4.78, 5) is 74.1. The van der Waals surface area contributed by atoms with E-state index in [0.29, 0.717) is 25.2 Å². The maximum atomic E-state index is 16.4. The number of carbonyl (C=O) groups excluding carboxylic acids is 5. The number of aromatic amines is 1. The summed E-state index contributed by atoms with van der Waals surface area (Å²) in [6, 6.07) is 9.87. The molecule has 1 aromatic heterocycles. The van der Waals surface area contributed by atoms with Gasteiger partial charge in [0.25, 0.3) is 24.1 Å². The summed E-state index contributed by atoms with van der Waals surface area (Å²) >= 11 is 0. The number of hydrogen-bond donors (Lipinski definition) is 2. The number of likely N-dealkylation sites (tertiary alicyclic amines) is 1. The van der Waals surface area contributed by atoms with Gasteiger partial charge in [-0.05, 0) is 66.8 Å². The zero-order valence-corrected chi connectivity index (χ0v) is 34.2. The van der Waals surface area contributed by atoms with Crippen LogP contribution in [0.5, 0.6) is 0 Å². The average molecular weight is 876 g/mol. The fourth-order valence-electron chi connectivity index (χ4n) is 10.7. The number of carbonyl (C=O) groups is 5. The van der Waals surface area contributed by atoms with Crippen LogP contribution in [0.15, 0.2) is 48.5 Å². The molecule has 0 aliphatic carbocycles. The quantitative estimate of drug-likeness (QED) is 0.180. The van der Waals surface area contributed by atoms with Gasteiger partial charge in [0.2, 0.25) is 17.5 Å². The number of alkyl halides is 4. The van der Waals surface area contributed by atoms with E-state index in [1.54, 1.807) is 25.1 Å². The molecule has 3 saturated heterocycles. The summed E-state index contributed by atoms with van der Waals surface area (Å²) in [5.74, 6) is -5.25.